The number of nitrogens with two attached hydrogens (primary N) is 1. The molecule has 86 valence electrons. The molecular weight excluding hydrogens is 214 g/mol. The Kier molecular flexibility index (Phi) is 3.48. The molecule has 0 amide bonds. The Balaban J connectivity index is 2.51. The first kappa shape index (κ1) is 11.3. The summed E-state index contributed by atoms with van der Waals surface area (Å²) in [6.07, 6.45) is 0.269. The number of fused-ring (bicyclic) bond motifs is 1. The molecule has 0 aliphatic rings. The number of nitrogens with one attached hydrogen (secondary N) is 1. The van der Waals surface area contributed by atoms with Crippen LogP contribution in [0.2, 0.25) is 0 Å². The molecule has 2 rings (SSSR count). The molecule has 2 aromatic rings. The predicted molar refractivity (Wildman–Crippen MR) is 66.4 cm³/mol. The maximum Gasteiger partial charge on any atom is 0.156 e. The molecule has 5 nitrogen and oxygen atoms in total. The number of nitriles is 1. The first-order valence-corrected chi connectivity index (χ1v) is 5.42. The van der Waals surface area contributed by atoms with Crippen LogP contribution in [-0.2, 0) is 6.42 Å². The number of benzene rings is 1. The minimum atomic E-state index is 0.269. The highest BCUT2D eigenvalue weighted by Gasteiger charge is 2.07. The number of anilines is 1. The molecule has 0 saturated carbocycles. The molecule has 0 radical (unpaired) electrons. The molecule has 3 N–H and O–H groups in total. The largest absolute Gasteiger partial charge is 0.367 e. The molecule has 0 spiro atoms. The van der Waals surface area contributed by atoms with E-state index in [1.807, 2.05) is 24.3 Å². The standard InChI is InChI=1S/C12H13N5/c13-6-5-11-9-3-1-2-4-10(9)12(17-16-11)15-8-7-14/h1-4H,5,7-8,14H2,(H,15,17). The van der Waals surface area contributed by atoms with Gasteiger partial charge in [0.25, 0.3) is 0 Å². The molecule has 0 bridgehead atoms. The Morgan fingerprint density at radius 1 is 1.24 bits per heavy atom. The van der Waals surface area contributed by atoms with Gasteiger partial charge in [-0.3, -0.25) is 0 Å². The monoisotopic (exact) mass is 227 g/mol. The second-order valence-electron chi connectivity index (χ2n) is 3.59. The van der Waals surface area contributed by atoms with Crippen molar-refractivity contribution in [2.45, 2.75) is 6.42 Å². The van der Waals surface area contributed by atoms with Gasteiger partial charge in [-0.05, 0) is 0 Å². The summed E-state index contributed by atoms with van der Waals surface area (Å²) in [4.78, 5) is 0. The molecule has 0 fully saturated rings. The van der Waals surface area contributed by atoms with Crippen molar-refractivity contribution < 1.29 is 0 Å². The number of hydrogen-bond acceptors (Lipinski definition) is 5. The maximum atomic E-state index is 8.74. The second-order valence-corrected chi connectivity index (χ2v) is 3.59. The van der Waals surface area contributed by atoms with Crippen LogP contribution in [0.15, 0.2) is 24.3 Å². The summed E-state index contributed by atoms with van der Waals surface area (Å²) in [5.41, 5.74) is 6.15. The highest BCUT2D eigenvalue weighted by Crippen LogP contribution is 2.22. The van der Waals surface area contributed by atoms with Crippen molar-refractivity contribution in [2.24, 2.45) is 5.73 Å². The van der Waals surface area contributed by atoms with Crippen molar-refractivity contribution in [1.29, 1.82) is 5.26 Å². The van der Waals surface area contributed by atoms with Gasteiger partial charge in [-0.25, -0.2) is 0 Å². The third-order valence-electron chi connectivity index (χ3n) is 2.45. The van der Waals surface area contributed by atoms with E-state index in [1.165, 1.54) is 0 Å². The molecule has 5 heteroatoms. The zero-order chi connectivity index (χ0) is 12.1. The Morgan fingerprint density at radius 2 is 2.00 bits per heavy atom. The number of hydrogen-bond donors (Lipinski definition) is 2. The van der Waals surface area contributed by atoms with Crippen LogP contribution < -0.4 is 11.1 Å². The molecule has 0 aliphatic heterocycles. The van der Waals surface area contributed by atoms with Gasteiger partial charge in [0.1, 0.15) is 0 Å². The molecule has 0 aliphatic carbocycles. The highest BCUT2D eigenvalue weighted by atomic mass is 15.2. The molecular formula is C12H13N5. The van der Waals surface area contributed by atoms with Crippen LogP contribution in [-0.4, -0.2) is 23.3 Å². The van der Waals surface area contributed by atoms with E-state index in [0.29, 0.717) is 24.6 Å². The van der Waals surface area contributed by atoms with Crippen molar-refractivity contribution in [3.63, 3.8) is 0 Å². The fourth-order valence-electron chi connectivity index (χ4n) is 1.69. The van der Waals surface area contributed by atoms with E-state index in [0.717, 1.165) is 10.8 Å². The molecule has 0 unspecified atom stereocenters. The quantitative estimate of drug-likeness (QED) is 0.815. The van der Waals surface area contributed by atoms with Gasteiger partial charge >= 0.3 is 0 Å². The van der Waals surface area contributed by atoms with E-state index in [-0.39, 0.29) is 6.42 Å². The van der Waals surface area contributed by atoms with Crippen molar-refractivity contribution >= 4 is 16.6 Å². The zero-order valence-electron chi connectivity index (χ0n) is 9.35. The molecule has 1 heterocycles. The van der Waals surface area contributed by atoms with Crippen molar-refractivity contribution in [1.82, 2.24) is 10.2 Å². The van der Waals surface area contributed by atoms with Crippen LogP contribution in [0.4, 0.5) is 5.82 Å². The summed E-state index contributed by atoms with van der Waals surface area (Å²) in [7, 11) is 0. The topological polar surface area (TPSA) is 87.6 Å². The summed E-state index contributed by atoms with van der Waals surface area (Å²) < 4.78 is 0. The van der Waals surface area contributed by atoms with Gasteiger partial charge in [-0.15, -0.1) is 5.10 Å². The smallest absolute Gasteiger partial charge is 0.156 e. The fourth-order valence-corrected chi connectivity index (χ4v) is 1.69. The maximum absolute atomic E-state index is 8.74. The molecule has 1 aromatic carbocycles. The minimum Gasteiger partial charge on any atom is -0.367 e. The van der Waals surface area contributed by atoms with Crippen LogP contribution in [0.5, 0.6) is 0 Å². The van der Waals surface area contributed by atoms with E-state index in [2.05, 4.69) is 21.6 Å². The van der Waals surface area contributed by atoms with E-state index in [4.69, 9.17) is 11.0 Å². The second kappa shape index (κ2) is 5.23. The Morgan fingerprint density at radius 3 is 2.71 bits per heavy atom. The third kappa shape index (κ3) is 2.32. The van der Waals surface area contributed by atoms with Gasteiger partial charge in [0, 0.05) is 23.9 Å². The van der Waals surface area contributed by atoms with E-state index in [9.17, 15) is 0 Å². The van der Waals surface area contributed by atoms with E-state index >= 15 is 0 Å². The first-order valence-electron chi connectivity index (χ1n) is 5.42. The van der Waals surface area contributed by atoms with Crippen LogP contribution in [0.1, 0.15) is 5.69 Å². The van der Waals surface area contributed by atoms with Crippen LogP contribution in [0.3, 0.4) is 0 Å². The lowest BCUT2D eigenvalue weighted by Crippen LogP contribution is -2.14. The third-order valence-corrected chi connectivity index (χ3v) is 2.45. The van der Waals surface area contributed by atoms with Gasteiger partial charge in [0.2, 0.25) is 0 Å². The zero-order valence-corrected chi connectivity index (χ0v) is 9.35. The Hall–Kier alpha value is -2.19. The molecule has 0 saturated heterocycles. The molecule has 17 heavy (non-hydrogen) atoms. The Labute approximate surface area is 99.3 Å². The molecule has 0 atom stereocenters. The van der Waals surface area contributed by atoms with Gasteiger partial charge in [0.05, 0.1) is 18.2 Å². The van der Waals surface area contributed by atoms with Gasteiger partial charge in [-0.1, -0.05) is 24.3 Å². The van der Waals surface area contributed by atoms with Crippen molar-refractivity contribution in [3.8, 4) is 6.07 Å². The Bertz CT molecular complexity index is 558. The summed E-state index contributed by atoms with van der Waals surface area (Å²) in [6.45, 7) is 1.19. The van der Waals surface area contributed by atoms with Crippen LogP contribution in [0.25, 0.3) is 10.8 Å². The van der Waals surface area contributed by atoms with E-state index < -0.39 is 0 Å². The average molecular weight is 227 g/mol. The highest BCUT2D eigenvalue weighted by molar-refractivity contribution is 5.93. The number of nitrogens with zero attached hydrogens (tertiary/aromatic N) is 3. The summed E-state index contributed by atoms with van der Waals surface area (Å²) in [5, 5.41) is 22.0. The lowest BCUT2D eigenvalue weighted by Gasteiger charge is -2.08. The average Bonchev–Trinajstić information content (AvgIpc) is 2.38. The normalized spacial score (nSPS) is 10.1. The number of aromatic nitrogens is 2. The van der Waals surface area contributed by atoms with Gasteiger partial charge in [0.15, 0.2) is 5.82 Å². The van der Waals surface area contributed by atoms with Crippen molar-refractivity contribution in [2.75, 3.05) is 18.4 Å². The summed E-state index contributed by atoms with van der Waals surface area (Å²) in [6, 6.07) is 9.87. The predicted octanol–water partition coefficient (Wildman–Crippen LogP) is 1.07. The molecule has 1 aromatic heterocycles. The summed E-state index contributed by atoms with van der Waals surface area (Å²) in [5.74, 6) is 0.715. The lowest BCUT2D eigenvalue weighted by molar-refractivity contribution is 0.948. The lowest BCUT2D eigenvalue weighted by atomic mass is 10.1. The first-order chi connectivity index (χ1) is 8.36. The van der Waals surface area contributed by atoms with Crippen LogP contribution in [0, 0.1) is 11.3 Å². The van der Waals surface area contributed by atoms with Crippen molar-refractivity contribution in [3.05, 3.63) is 30.0 Å². The van der Waals surface area contributed by atoms with Crippen LogP contribution >= 0.6 is 0 Å². The van der Waals surface area contributed by atoms with Gasteiger partial charge in [-0.2, -0.15) is 10.4 Å². The minimum absolute atomic E-state index is 0.269. The SMILES string of the molecule is N#CCc1nnc(NCCN)c2ccccc12. The number of rotatable bonds is 4. The summed E-state index contributed by atoms with van der Waals surface area (Å²) >= 11 is 0. The van der Waals surface area contributed by atoms with E-state index in [1.54, 1.807) is 0 Å². The fraction of sp³-hybridized carbons (Fsp3) is 0.250. The van der Waals surface area contributed by atoms with Gasteiger partial charge < -0.3 is 11.1 Å².